The van der Waals surface area contributed by atoms with E-state index >= 15 is 0 Å². The van der Waals surface area contributed by atoms with Crippen molar-refractivity contribution in [2.24, 2.45) is 0 Å². The molecule has 14 heavy (non-hydrogen) atoms. The molecule has 1 aromatic heterocycles. The third-order valence-corrected chi connectivity index (χ3v) is 1.94. The maximum absolute atomic E-state index is 11.1. The molecule has 0 aliphatic heterocycles. The molecule has 0 aliphatic rings. The zero-order valence-electron chi connectivity index (χ0n) is 7.54. The second-order valence-electron chi connectivity index (χ2n) is 2.88. The number of aryl methyl sites for hydroxylation is 1. The number of halogens is 1. The Morgan fingerprint density at radius 1 is 1.57 bits per heavy atom. The van der Waals surface area contributed by atoms with Crippen LogP contribution in [0, 0.1) is 0 Å². The Morgan fingerprint density at radius 3 is 2.79 bits per heavy atom. The molecular weight excluding hydrogens is 208 g/mol. The van der Waals surface area contributed by atoms with Gasteiger partial charge in [0.25, 0.3) is 5.56 Å². The molecule has 0 amide bonds. The van der Waals surface area contributed by atoms with Gasteiger partial charge >= 0.3 is 5.69 Å². The van der Waals surface area contributed by atoms with Gasteiger partial charge in [-0.15, -0.1) is 0 Å². The SMILES string of the molecule is CC(=O)CCn1cc(Cl)c(=O)[nH]c1=O. The molecule has 1 heterocycles. The van der Waals surface area contributed by atoms with Crippen molar-refractivity contribution in [2.45, 2.75) is 19.9 Å². The van der Waals surface area contributed by atoms with Crippen LogP contribution in [0.15, 0.2) is 15.8 Å². The molecule has 6 heteroatoms. The third-order valence-electron chi connectivity index (χ3n) is 1.67. The summed E-state index contributed by atoms with van der Waals surface area (Å²) in [5.74, 6) is -0.0285. The number of aromatic nitrogens is 2. The number of carbonyl (C=O) groups is 1. The van der Waals surface area contributed by atoms with Crippen molar-refractivity contribution >= 4 is 17.4 Å². The van der Waals surface area contributed by atoms with Gasteiger partial charge in [0.15, 0.2) is 0 Å². The summed E-state index contributed by atoms with van der Waals surface area (Å²) in [6, 6.07) is 0. The average molecular weight is 217 g/mol. The maximum Gasteiger partial charge on any atom is 0.328 e. The molecule has 76 valence electrons. The molecule has 1 aromatic rings. The fourth-order valence-corrected chi connectivity index (χ4v) is 1.09. The summed E-state index contributed by atoms with van der Waals surface area (Å²) in [6.45, 7) is 1.66. The molecule has 0 fully saturated rings. The van der Waals surface area contributed by atoms with Crippen LogP contribution >= 0.6 is 11.6 Å². The van der Waals surface area contributed by atoms with Gasteiger partial charge in [0.05, 0.1) is 0 Å². The zero-order chi connectivity index (χ0) is 10.7. The van der Waals surface area contributed by atoms with Gasteiger partial charge in [0, 0.05) is 19.2 Å². The van der Waals surface area contributed by atoms with Gasteiger partial charge in [0.2, 0.25) is 0 Å². The Hall–Kier alpha value is -1.36. The second-order valence-corrected chi connectivity index (χ2v) is 3.29. The van der Waals surface area contributed by atoms with Crippen molar-refractivity contribution in [2.75, 3.05) is 0 Å². The third kappa shape index (κ3) is 2.56. The fraction of sp³-hybridized carbons (Fsp3) is 0.375. The number of Topliss-reactive ketones (excluding diaryl/α,β-unsaturated/α-hetero) is 1. The summed E-state index contributed by atoms with van der Waals surface area (Å²) < 4.78 is 1.20. The van der Waals surface area contributed by atoms with E-state index in [-0.39, 0.29) is 23.8 Å². The topological polar surface area (TPSA) is 71.9 Å². The highest BCUT2D eigenvalue weighted by Crippen LogP contribution is 1.96. The van der Waals surface area contributed by atoms with E-state index in [4.69, 9.17) is 11.6 Å². The summed E-state index contributed by atoms with van der Waals surface area (Å²) >= 11 is 5.51. The predicted molar refractivity (Wildman–Crippen MR) is 51.6 cm³/mol. The van der Waals surface area contributed by atoms with Gasteiger partial charge in [-0.25, -0.2) is 4.79 Å². The van der Waals surface area contributed by atoms with Crippen molar-refractivity contribution < 1.29 is 4.79 Å². The molecule has 0 atom stereocenters. The van der Waals surface area contributed by atoms with Crippen LogP contribution in [0.3, 0.4) is 0 Å². The van der Waals surface area contributed by atoms with Gasteiger partial charge in [0.1, 0.15) is 10.8 Å². The quantitative estimate of drug-likeness (QED) is 0.783. The highest BCUT2D eigenvalue weighted by atomic mass is 35.5. The highest BCUT2D eigenvalue weighted by molar-refractivity contribution is 6.30. The molecule has 0 saturated carbocycles. The average Bonchev–Trinajstić information content (AvgIpc) is 2.09. The van der Waals surface area contributed by atoms with Gasteiger partial charge in [-0.2, -0.15) is 0 Å². The molecule has 1 N–H and O–H groups in total. The van der Waals surface area contributed by atoms with E-state index in [0.717, 1.165) is 0 Å². The number of nitrogens with one attached hydrogen (secondary N) is 1. The van der Waals surface area contributed by atoms with E-state index in [9.17, 15) is 14.4 Å². The van der Waals surface area contributed by atoms with E-state index in [0.29, 0.717) is 0 Å². The van der Waals surface area contributed by atoms with Crippen LogP contribution in [0.4, 0.5) is 0 Å². The molecule has 0 aromatic carbocycles. The van der Waals surface area contributed by atoms with E-state index in [1.165, 1.54) is 17.7 Å². The lowest BCUT2D eigenvalue weighted by Gasteiger charge is -2.02. The molecule has 0 aliphatic carbocycles. The number of nitrogens with zero attached hydrogens (tertiary/aromatic N) is 1. The first kappa shape index (κ1) is 10.7. The zero-order valence-corrected chi connectivity index (χ0v) is 8.30. The summed E-state index contributed by atoms with van der Waals surface area (Å²) in [4.78, 5) is 34.7. The van der Waals surface area contributed by atoms with Crippen molar-refractivity contribution in [1.82, 2.24) is 9.55 Å². The largest absolute Gasteiger partial charge is 0.328 e. The first-order valence-corrected chi connectivity index (χ1v) is 4.37. The molecule has 5 nitrogen and oxygen atoms in total. The molecule has 0 spiro atoms. The number of aromatic amines is 1. The first-order valence-electron chi connectivity index (χ1n) is 3.99. The number of hydrogen-bond donors (Lipinski definition) is 1. The van der Waals surface area contributed by atoms with Crippen molar-refractivity contribution in [3.8, 4) is 0 Å². The van der Waals surface area contributed by atoms with Crippen molar-refractivity contribution in [1.29, 1.82) is 0 Å². The number of hydrogen-bond acceptors (Lipinski definition) is 3. The number of ketones is 1. The number of carbonyl (C=O) groups excluding carboxylic acids is 1. The summed E-state index contributed by atoms with van der Waals surface area (Å²) in [5, 5.41) is -0.0619. The van der Waals surface area contributed by atoms with Crippen LogP contribution in [0.1, 0.15) is 13.3 Å². The van der Waals surface area contributed by atoms with E-state index in [2.05, 4.69) is 0 Å². The number of H-pyrrole nitrogens is 1. The Balaban J connectivity index is 2.99. The maximum atomic E-state index is 11.1. The lowest BCUT2D eigenvalue weighted by atomic mass is 10.3. The molecular formula is C8H9ClN2O3. The lowest BCUT2D eigenvalue weighted by Crippen LogP contribution is -2.30. The number of rotatable bonds is 3. The monoisotopic (exact) mass is 216 g/mol. The Bertz CT molecular complexity index is 460. The van der Waals surface area contributed by atoms with Crippen molar-refractivity contribution in [3.05, 3.63) is 32.1 Å². The Labute approximate surface area is 84.3 Å². The summed E-state index contributed by atoms with van der Waals surface area (Å²) in [6.07, 6.45) is 1.47. The van der Waals surface area contributed by atoms with Gasteiger partial charge < -0.3 is 0 Å². The van der Waals surface area contributed by atoms with Crippen LogP contribution in [0.2, 0.25) is 5.02 Å². The van der Waals surface area contributed by atoms with Gasteiger partial charge in [-0.05, 0) is 6.92 Å². The van der Waals surface area contributed by atoms with E-state index in [1.54, 1.807) is 0 Å². The van der Waals surface area contributed by atoms with Crippen LogP contribution in [0.5, 0.6) is 0 Å². The molecule has 0 bridgehead atoms. The smallest absolute Gasteiger partial charge is 0.300 e. The minimum absolute atomic E-state index is 0.0285. The van der Waals surface area contributed by atoms with Crippen molar-refractivity contribution in [3.63, 3.8) is 0 Å². The van der Waals surface area contributed by atoms with Gasteiger partial charge in [-0.1, -0.05) is 11.6 Å². The van der Waals surface area contributed by atoms with Crippen LogP contribution < -0.4 is 11.2 Å². The Kier molecular flexibility index (Phi) is 3.24. The molecule has 0 radical (unpaired) electrons. The van der Waals surface area contributed by atoms with Crippen LogP contribution in [0.25, 0.3) is 0 Å². The fourth-order valence-electron chi connectivity index (χ4n) is 0.927. The predicted octanol–water partition coefficient (Wildman–Crippen LogP) is 0.169. The van der Waals surface area contributed by atoms with E-state index in [1.807, 2.05) is 4.98 Å². The second kappa shape index (κ2) is 4.23. The Morgan fingerprint density at radius 2 is 2.21 bits per heavy atom. The van der Waals surface area contributed by atoms with Gasteiger partial charge in [-0.3, -0.25) is 19.1 Å². The standard InChI is InChI=1S/C8H9ClN2O3/c1-5(12)2-3-11-4-6(9)7(13)10-8(11)14/h4H,2-3H2,1H3,(H,10,13,14). The molecule has 0 saturated heterocycles. The lowest BCUT2D eigenvalue weighted by molar-refractivity contribution is -0.117. The summed E-state index contributed by atoms with van der Waals surface area (Å²) in [7, 11) is 0. The minimum atomic E-state index is -0.615. The van der Waals surface area contributed by atoms with Crippen LogP contribution in [-0.2, 0) is 11.3 Å². The minimum Gasteiger partial charge on any atom is -0.300 e. The highest BCUT2D eigenvalue weighted by Gasteiger charge is 2.02. The van der Waals surface area contributed by atoms with Crippen LogP contribution in [-0.4, -0.2) is 15.3 Å². The first-order chi connectivity index (χ1) is 6.50. The molecule has 0 unspecified atom stereocenters. The normalized spacial score (nSPS) is 10.1. The summed E-state index contributed by atoms with van der Waals surface area (Å²) in [5.41, 5.74) is -1.17. The van der Waals surface area contributed by atoms with E-state index < -0.39 is 11.2 Å². The molecule has 1 rings (SSSR count).